The predicted molar refractivity (Wildman–Crippen MR) is 83.5 cm³/mol. The number of sulfonamides is 1. The van der Waals surface area contributed by atoms with E-state index in [2.05, 4.69) is 5.32 Å². The first kappa shape index (κ1) is 15.4. The minimum absolute atomic E-state index is 0.0778. The average Bonchev–Trinajstić information content (AvgIpc) is 2.37. The van der Waals surface area contributed by atoms with Crippen molar-refractivity contribution in [2.75, 3.05) is 18.2 Å². The smallest absolute Gasteiger partial charge is 0.238 e. The SMILES string of the molecule is COc1ccc(Cl)cc1Nc1cc(N)cc(S(N)(=O)=O)c1. The largest absolute Gasteiger partial charge is 0.495 e. The van der Waals surface area contributed by atoms with E-state index in [1.54, 1.807) is 24.3 Å². The van der Waals surface area contributed by atoms with Crippen molar-refractivity contribution in [1.29, 1.82) is 0 Å². The molecule has 0 saturated carbocycles. The van der Waals surface area contributed by atoms with Crippen LogP contribution in [-0.2, 0) is 10.0 Å². The molecule has 0 amide bonds. The Morgan fingerprint density at radius 2 is 1.90 bits per heavy atom. The van der Waals surface area contributed by atoms with Crippen molar-refractivity contribution < 1.29 is 13.2 Å². The van der Waals surface area contributed by atoms with Gasteiger partial charge in [-0.2, -0.15) is 0 Å². The Morgan fingerprint density at radius 3 is 2.52 bits per heavy atom. The molecule has 112 valence electrons. The molecule has 6 nitrogen and oxygen atoms in total. The molecule has 0 fully saturated rings. The van der Waals surface area contributed by atoms with Crippen LogP contribution in [0.2, 0.25) is 5.02 Å². The van der Waals surface area contributed by atoms with Crippen LogP contribution >= 0.6 is 11.6 Å². The molecule has 21 heavy (non-hydrogen) atoms. The van der Waals surface area contributed by atoms with Gasteiger partial charge in [-0.25, -0.2) is 13.6 Å². The quantitative estimate of drug-likeness (QED) is 0.747. The summed E-state index contributed by atoms with van der Waals surface area (Å²) in [5.41, 5.74) is 7.00. The first-order chi connectivity index (χ1) is 9.79. The number of primary sulfonamides is 1. The fraction of sp³-hybridized carbons (Fsp3) is 0.0769. The lowest BCUT2D eigenvalue weighted by molar-refractivity contribution is 0.417. The summed E-state index contributed by atoms with van der Waals surface area (Å²) in [6.45, 7) is 0. The standard InChI is InChI=1S/C13H14ClN3O3S/c1-20-13-3-2-8(14)4-12(13)17-10-5-9(15)6-11(7-10)21(16,18)19/h2-7,17H,15H2,1H3,(H2,16,18,19). The summed E-state index contributed by atoms with van der Waals surface area (Å²) in [5, 5.41) is 8.63. The van der Waals surface area contributed by atoms with E-state index >= 15 is 0 Å². The highest BCUT2D eigenvalue weighted by molar-refractivity contribution is 7.89. The number of anilines is 3. The van der Waals surface area contributed by atoms with Crippen LogP contribution in [0.15, 0.2) is 41.3 Å². The second-order valence-corrected chi connectivity index (χ2v) is 6.30. The number of ether oxygens (including phenoxy) is 1. The highest BCUT2D eigenvalue weighted by Crippen LogP contribution is 2.31. The molecule has 0 aliphatic heterocycles. The van der Waals surface area contributed by atoms with Gasteiger partial charge in [0.05, 0.1) is 17.7 Å². The first-order valence-corrected chi connectivity index (χ1v) is 7.76. The monoisotopic (exact) mass is 327 g/mol. The number of nitrogens with two attached hydrogens (primary N) is 2. The molecule has 0 aliphatic rings. The van der Waals surface area contributed by atoms with Crippen molar-refractivity contribution in [2.24, 2.45) is 5.14 Å². The van der Waals surface area contributed by atoms with Gasteiger partial charge >= 0.3 is 0 Å². The fourth-order valence-electron chi connectivity index (χ4n) is 1.79. The number of benzene rings is 2. The zero-order valence-corrected chi connectivity index (χ0v) is 12.7. The van der Waals surface area contributed by atoms with Crippen LogP contribution in [0.25, 0.3) is 0 Å². The number of halogens is 1. The second kappa shape index (κ2) is 5.80. The Kier molecular flexibility index (Phi) is 4.26. The van der Waals surface area contributed by atoms with Gasteiger partial charge in [-0.15, -0.1) is 0 Å². The number of nitrogen functional groups attached to an aromatic ring is 1. The third kappa shape index (κ3) is 3.78. The maximum absolute atomic E-state index is 11.4. The van der Waals surface area contributed by atoms with Gasteiger partial charge in [-0.3, -0.25) is 0 Å². The summed E-state index contributed by atoms with van der Waals surface area (Å²) >= 11 is 5.94. The molecule has 2 aromatic carbocycles. The van der Waals surface area contributed by atoms with Gasteiger partial charge < -0.3 is 15.8 Å². The number of methoxy groups -OCH3 is 1. The summed E-state index contributed by atoms with van der Waals surface area (Å²) in [5.74, 6) is 0.555. The number of hydrogen-bond donors (Lipinski definition) is 3. The van der Waals surface area contributed by atoms with Gasteiger partial charge in [0.15, 0.2) is 0 Å². The van der Waals surface area contributed by atoms with Crippen LogP contribution in [0.1, 0.15) is 0 Å². The van der Waals surface area contributed by atoms with Crippen molar-refractivity contribution in [1.82, 2.24) is 0 Å². The highest BCUT2D eigenvalue weighted by Gasteiger charge is 2.11. The third-order valence-electron chi connectivity index (χ3n) is 2.70. The van der Waals surface area contributed by atoms with Crippen molar-refractivity contribution in [3.8, 4) is 5.75 Å². The Morgan fingerprint density at radius 1 is 1.19 bits per heavy atom. The molecule has 8 heteroatoms. The molecule has 0 radical (unpaired) electrons. The number of hydrogen-bond acceptors (Lipinski definition) is 5. The van der Waals surface area contributed by atoms with Crippen molar-refractivity contribution in [3.63, 3.8) is 0 Å². The fourth-order valence-corrected chi connectivity index (χ4v) is 2.56. The summed E-state index contributed by atoms with van der Waals surface area (Å²) in [4.78, 5) is -0.0778. The molecule has 2 rings (SSSR count). The Bertz CT molecular complexity index is 778. The third-order valence-corrected chi connectivity index (χ3v) is 3.83. The lowest BCUT2D eigenvalue weighted by Gasteiger charge is -2.13. The average molecular weight is 328 g/mol. The predicted octanol–water partition coefficient (Wildman–Crippen LogP) is 2.32. The zero-order chi connectivity index (χ0) is 15.6. The van der Waals surface area contributed by atoms with Crippen molar-refractivity contribution in [3.05, 3.63) is 41.4 Å². The van der Waals surface area contributed by atoms with Crippen LogP contribution < -0.4 is 20.9 Å². The molecule has 0 aromatic heterocycles. The Hall–Kier alpha value is -1.96. The van der Waals surface area contributed by atoms with Crippen molar-refractivity contribution in [2.45, 2.75) is 4.90 Å². The molecular formula is C13H14ClN3O3S. The molecule has 0 heterocycles. The lowest BCUT2D eigenvalue weighted by Crippen LogP contribution is -2.12. The van der Waals surface area contributed by atoms with E-state index in [0.29, 0.717) is 22.1 Å². The highest BCUT2D eigenvalue weighted by atomic mass is 35.5. The van der Waals surface area contributed by atoms with E-state index < -0.39 is 10.0 Å². The van der Waals surface area contributed by atoms with E-state index in [1.165, 1.54) is 19.2 Å². The van der Waals surface area contributed by atoms with Gasteiger partial charge in [-0.1, -0.05) is 11.6 Å². The topological polar surface area (TPSA) is 107 Å². The molecule has 0 aliphatic carbocycles. The van der Waals surface area contributed by atoms with Gasteiger partial charge in [-0.05, 0) is 36.4 Å². The Balaban J connectivity index is 2.45. The Labute approximate surface area is 127 Å². The van der Waals surface area contributed by atoms with Crippen LogP contribution in [-0.4, -0.2) is 15.5 Å². The normalized spacial score (nSPS) is 11.2. The zero-order valence-electron chi connectivity index (χ0n) is 11.1. The van der Waals surface area contributed by atoms with Crippen LogP contribution in [0.4, 0.5) is 17.1 Å². The van der Waals surface area contributed by atoms with Gasteiger partial charge in [0, 0.05) is 16.4 Å². The number of rotatable bonds is 4. The number of nitrogens with one attached hydrogen (secondary N) is 1. The van der Waals surface area contributed by atoms with E-state index in [1.807, 2.05) is 0 Å². The molecule has 2 aromatic rings. The molecule has 0 saturated heterocycles. The minimum Gasteiger partial charge on any atom is -0.495 e. The summed E-state index contributed by atoms with van der Waals surface area (Å²) in [6, 6.07) is 9.27. The van der Waals surface area contributed by atoms with Gasteiger partial charge in [0.2, 0.25) is 10.0 Å². The molecular weight excluding hydrogens is 314 g/mol. The molecule has 5 N–H and O–H groups in total. The van der Waals surface area contributed by atoms with E-state index in [0.717, 1.165) is 0 Å². The molecule has 0 unspecified atom stereocenters. The molecule has 0 bridgehead atoms. The maximum atomic E-state index is 11.4. The van der Waals surface area contributed by atoms with Crippen LogP contribution in [0.5, 0.6) is 5.75 Å². The van der Waals surface area contributed by atoms with E-state index in [-0.39, 0.29) is 10.6 Å². The minimum atomic E-state index is -3.84. The molecule has 0 spiro atoms. The maximum Gasteiger partial charge on any atom is 0.238 e. The second-order valence-electron chi connectivity index (χ2n) is 4.31. The lowest BCUT2D eigenvalue weighted by atomic mass is 10.2. The van der Waals surface area contributed by atoms with E-state index in [4.69, 9.17) is 27.2 Å². The van der Waals surface area contributed by atoms with Gasteiger partial charge in [0.25, 0.3) is 0 Å². The summed E-state index contributed by atoms with van der Waals surface area (Å²) < 4.78 is 28.0. The van der Waals surface area contributed by atoms with Crippen LogP contribution in [0, 0.1) is 0 Å². The van der Waals surface area contributed by atoms with Crippen LogP contribution in [0.3, 0.4) is 0 Å². The molecule has 0 atom stereocenters. The van der Waals surface area contributed by atoms with E-state index in [9.17, 15) is 8.42 Å². The summed E-state index contributed by atoms with van der Waals surface area (Å²) in [6.07, 6.45) is 0. The van der Waals surface area contributed by atoms with Gasteiger partial charge in [0.1, 0.15) is 5.75 Å². The summed E-state index contributed by atoms with van der Waals surface area (Å²) in [7, 11) is -2.32. The van der Waals surface area contributed by atoms with Crippen molar-refractivity contribution >= 4 is 38.7 Å². The first-order valence-electron chi connectivity index (χ1n) is 5.83.